The zero-order valence-electron chi connectivity index (χ0n) is 12.9. The van der Waals surface area contributed by atoms with Gasteiger partial charge in [0.1, 0.15) is 0 Å². The van der Waals surface area contributed by atoms with Crippen molar-refractivity contribution >= 4 is 18.3 Å². The minimum Gasteiger partial charge on any atom is -0.391 e. The maximum absolute atomic E-state index is 11.9. The third kappa shape index (κ3) is 4.57. The van der Waals surface area contributed by atoms with Crippen molar-refractivity contribution in [1.29, 1.82) is 0 Å². The number of amides is 1. The van der Waals surface area contributed by atoms with E-state index in [9.17, 15) is 9.90 Å². The molecular formula is C17H25ClN2O2. The lowest BCUT2D eigenvalue weighted by molar-refractivity contribution is -0.118. The van der Waals surface area contributed by atoms with Crippen LogP contribution in [0.1, 0.15) is 24.8 Å². The summed E-state index contributed by atoms with van der Waals surface area (Å²) < 4.78 is 0. The number of allylic oxidation sites excluding steroid dienone is 1. The molecule has 5 heteroatoms. The van der Waals surface area contributed by atoms with Crippen molar-refractivity contribution in [3.63, 3.8) is 0 Å². The SMILES string of the molecule is CNC(=O)C1=CCCCC1C(O)C(N)Cc1ccccc1.Cl. The summed E-state index contributed by atoms with van der Waals surface area (Å²) in [6, 6.07) is 9.52. The Bertz CT molecular complexity index is 505. The van der Waals surface area contributed by atoms with E-state index >= 15 is 0 Å². The predicted molar refractivity (Wildman–Crippen MR) is 90.9 cm³/mol. The first-order valence-corrected chi connectivity index (χ1v) is 7.53. The molecule has 1 aromatic carbocycles. The van der Waals surface area contributed by atoms with E-state index in [0.29, 0.717) is 12.0 Å². The van der Waals surface area contributed by atoms with Crippen LogP contribution in [-0.4, -0.2) is 30.2 Å². The van der Waals surface area contributed by atoms with Gasteiger partial charge in [-0.2, -0.15) is 0 Å². The van der Waals surface area contributed by atoms with Crippen LogP contribution in [0.2, 0.25) is 0 Å². The first-order valence-electron chi connectivity index (χ1n) is 7.53. The zero-order chi connectivity index (χ0) is 15.2. The van der Waals surface area contributed by atoms with E-state index in [0.717, 1.165) is 24.8 Å². The minimum atomic E-state index is -0.700. The molecule has 122 valence electrons. The molecule has 3 atom stereocenters. The van der Waals surface area contributed by atoms with Crippen molar-refractivity contribution in [2.75, 3.05) is 7.05 Å². The standard InChI is InChI=1S/C17H24N2O2.ClH/c1-19-17(21)14-10-6-5-9-13(14)16(20)15(18)11-12-7-3-2-4-8-12;/h2-4,7-8,10,13,15-16,20H,5-6,9,11,18H2,1H3,(H,19,21);1H. The van der Waals surface area contributed by atoms with Gasteiger partial charge in [-0.1, -0.05) is 36.4 Å². The van der Waals surface area contributed by atoms with Crippen LogP contribution in [0.4, 0.5) is 0 Å². The molecule has 22 heavy (non-hydrogen) atoms. The van der Waals surface area contributed by atoms with E-state index < -0.39 is 6.10 Å². The zero-order valence-corrected chi connectivity index (χ0v) is 13.7. The summed E-state index contributed by atoms with van der Waals surface area (Å²) in [6.07, 6.45) is 4.53. The molecular weight excluding hydrogens is 300 g/mol. The first-order chi connectivity index (χ1) is 10.1. The highest BCUT2D eigenvalue weighted by atomic mass is 35.5. The molecule has 1 aliphatic carbocycles. The second-order valence-electron chi connectivity index (χ2n) is 5.62. The Hall–Kier alpha value is -1.36. The Kier molecular flexibility index (Phi) is 7.59. The number of carbonyl (C=O) groups excluding carboxylic acids is 1. The number of hydrogen-bond donors (Lipinski definition) is 3. The summed E-state index contributed by atoms with van der Waals surface area (Å²) in [4.78, 5) is 11.9. The average molecular weight is 325 g/mol. The van der Waals surface area contributed by atoms with E-state index in [4.69, 9.17) is 5.73 Å². The van der Waals surface area contributed by atoms with Crippen LogP contribution in [0.3, 0.4) is 0 Å². The predicted octanol–water partition coefficient (Wildman–Crippen LogP) is 1.81. The van der Waals surface area contributed by atoms with Gasteiger partial charge in [0.25, 0.3) is 0 Å². The lowest BCUT2D eigenvalue weighted by Gasteiger charge is -2.31. The van der Waals surface area contributed by atoms with Gasteiger partial charge in [0.2, 0.25) is 5.91 Å². The van der Waals surface area contributed by atoms with E-state index in [2.05, 4.69) is 5.32 Å². The fourth-order valence-electron chi connectivity index (χ4n) is 2.97. The molecule has 0 saturated carbocycles. The van der Waals surface area contributed by atoms with Gasteiger partial charge < -0.3 is 16.2 Å². The number of rotatable bonds is 5. The smallest absolute Gasteiger partial charge is 0.247 e. The normalized spacial score (nSPS) is 20.3. The van der Waals surface area contributed by atoms with Crippen molar-refractivity contribution in [3.8, 4) is 0 Å². The fourth-order valence-corrected chi connectivity index (χ4v) is 2.97. The summed E-state index contributed by atoms with van der Waals surface area (Å²) in [5.74, 6) is -0.275. The molecule has 3 unspecified atom stereocenters. The van der Waals surface area contributed by atoms with Crippen molar-refractivity contribution < 1.29 is 9.90 Å². The number of benzene rings is 1. The van der Waals surface area contributed by atoms with E-state index in [-0.39, 0.29) is 30.3 Å². The molecule has 0 saturated heterocycles. The summed E-state index contributed by atoms with van der Waals surface area (Å²) >= 11 is 0. The third-order valence-corrected chi connectivity index (χ3v) is 4.14. The van der Waals surface area contributed by atoms with Crippen LogP contribution >= 0.6 is 12.4 Å². The van der Waals surface area contributed by atoms with E-state index in [1.54, 1.807) is 7.05 Å². The highest BCUT2D eigenvalue weighted by Gasteiger charge is 2.32. The van der Waals surface area contributed by atoms with Crippen molar-refractivity contribution in [3.05, 3.63) is 47.5 Å². The summed E-state index contributed by atoms with van der Waals surface area (Å²) in [7, 11) is 1.62. The highest BCUT2D eigenvalue weighted by molar-refractivity contribution is 5.93. The molecule has 0 aliphatic heterocycles. The number of nitrogens with one attached hydrogen (secondary N) is 1. The van der Waals surface area contributed by atoms with Gasteiger partial charge in [-0.3, -0.25) is 4.79 Å². The van der Waals surface area contributed by atoms with Crippen LogP contribution in [0.5, 0.6) is 0 Å². The maximum atomic E-state index is 11.9. The summed E-state index contributed by atoms with van der Waals surface area (Å²) in [5, 5.41) is 13.2. The molecule has 0 spiro atoms. The molecule has 4 nitrogen and oxygen atoms in total. The monoisotopic (exact) mass is 324 g/mol. The minimum absolute atomic E-state index is 0. The number of hydrogen-bond acceptors (Lipinski definition) is 3. The second kappa shape index (κ2) is 8.93. The van der Waals surface area contributed by atoms with Crippen LogP contribution in [0, 0.1) is 5.92 Å². The molecule has 1 aliphatic rings. The Labute approximate surface area is 138 Å². The van der Waals surface area contributed by atoms with Gasteiger partial charge in [0.05, 0.1) is 6.10 Å². The van der Waals surface area contributed by atoms with Gasteiger partial charge in [-0.15, -0.1) is 12.4 Å². The molecule has 0 radical (unpaired) electrons. The number of likely N-dealkylation sites (N-methyl/N-ethyl adjacent to an activating group) is 1. The van der Waals surface area contributed by atoms with E-state index in [1.165, 1.54) is 0 Å². The topological polar surface area (TPSA) is 75.3 Å². The molecule has 0 fully saturated rings. The number of nitrogens with two attached hydrogens (primary N) is 1. The molecule has 1 amide bonds. The van der Waals surface area contributed by atoms with Gasteiger partial charge >= 0.3 is 0 Å². The lowest BCUT2D eigenvalue weighted by atomic mass is 9.79. The Morgan fingerprint density at radius 3 is 2.73 bits per heavy atom. The second-order valence-corrected chi connectivity index (χ2v) is 5.62. The first kappa shape index (κ1) is 18.7. The van der Waals surface area contributed by atoms with Gasteiger partial charge in [0.15, 0.2) is 0 Å². The van der Waals surface area contributed by atoms with Gasteiger partial charge in [0, 0.05) is 24.6 Å². The Balaban J connectivity index is 0.00000242. The molecule has 1 aromatic rings. The number of carbonyl (C=O) groups is 1. The van der Waals surface area contributed by atoms with Gasteiger partial charge in [-0.25, -0.2) is 0 Å². The van der Waals surface area contributed by atoms with Crippen molar-refractivity contribution in [2.45, 2.75) is 37.8 Å². The summed E-state index contributed by atoms with van der Waals surface area (Å²) in [5.41, 5.74) is 7.96. The number of aliphatic hydroxyl groups excluding tert-OH is 1. The van der Waals surface area contributed by atoms with Crippen molar-refractivity contribution in [1.82, 2.24) is 5.32 Å². The third-order valence-electron chi connectivity index (χ3n) is 4.14. The molecule has 4 N–H and O–H groups in total. The number of halogens is 1. The fraction of sp³-hybridized carbons (Fsp3) is 0.471. The van der Waals surface area contributed by atoms with Crippen LogP contribution in [0.25, 0.3) is 0 Å². The lowest BCUT2D eigenvalue weighted by Crippen LogP contribution is -2.44. The van der Waals surface area contributed by atoms with Crippen molar-refractivity contribution in [2.24, 2.45) is 11.7 Å². The molecule has 0 aromatic heterocycles. The van der Waals surface area contributed by atoms with E-state index in [1.807, 2.05) is 36.4 Å². The largest absolute Gasteiger partial charge is 0.391 e. The molecule has 2 rings (SSSR count). The summed E-state index contributed by atoms with van der Waals surface area (Å²) in [6.45, 7) is 0. The van der Waals surface area contributed by atoms with Crippen LogP contribution in [-0.2, 0) is 11.2 Å². The Morgan fingerprint density at radius 1 is 1.41 bits per heavy atom. The average Bonchev–Trinajstić information content (AvgIpc) is 2.54. The Morgan fingerprint density at radius 2 is 2.09 bits per heavy atom. The molecule has 0 bridgehead atoms. The quantitative estimate of drug-likeness (QED) is 0.773. The van der Waals surface area contributed by atoms with Crippen LogP contribution < -0.4 is 11.1 Å². The number of aliphatic hydroxyl groups is 1. The molecule has 0 heterocycles. The van der Waals surface area contributed by atoms with Gasteiger partial charge in [-0.05, 0) is 31.2 Å². The maximum Gasteiger partial charge on any atom is 0.247 e. The van der Waals surface area contributed by atoms with Crippen LogP contribution in [0.15, 0.2) is 42.0 Å². The highest BCUT2D eigenvalue weighted by Crippen LogP contribution is 2.29.